The molecule has 20 heavy (non-hydrogen) atoms. The summed E-state index contributed by atoms with van der Waals surface area (Å²) in [5.74, 6) is 1.49. The minimum atomic E-state index is -0.489. The fourth-order valence-corrected chi connectivity index (χ4v) is 2.33. The number of nitrogens with one attached hydrogen (secondary N) is 1. The summed E-state index contributed by atoms with van der Waals surface area (Å²) in [5, 5.41) is 3.09. The molecule has 1 N–H and O–H groups in total. The van der Waals surface area contributed by atoms with Crippen LogP contribution in [0.1, 0.15) is 40.2 Å². The summed E-state index contributed by atoms with van der Waals surface area (Å²) in [4.78, 5) is 12.2. The topological polar surface area (TPSA) is 38.3 Å². The molecule has 1 aromatic carbocycles. The van der Waals surface area contributed by atoms with Gasteiger partial charge in [0.05, 0.1) is 0 Å². The Hall–Kier alpha value is -1.51. The van der Waals surface area contributed by atoms with Crippen LogP contribution in [0, 0.1) is 18.8 Å². The summed E-state index contributed by atoms with van der Waals surface area (Å²) in [5.41, 5.74) is 1.12. The molecule has 1 amide bonds. The van der Waals surface area contributed by atoms with Gasteiger partial charge in [-0.05, 0) is 43.4 Å². The second-order valence-electron chi connectivity index (χ2n) is 6.10. The third-order valence-electron chi connectivity index (χ3n) is 3.42. The van der Waals surface area contributed by atoms with Gasteiger partial charge in [-0.25, -0.2) is 0 Å². The van der Waals surface area contributed by atoms with Crippen LogP contribution in [-0.2, 0) is 4.79 Å². The monoisotopic (exact) mass is 277 g/mol. The molecule has 0 aromatic heterocycles. The van der Waals surface area contributed by atoms with Crippen LogP contribution in [-0.4, -0.2) is 18.1 Å². The molecule has 1 atom stereocenters. The van der Waals surface area contributed by atoms with Crippen molar-refractivity contribution in [2.24, 2.45) is 11.8 Å². The van der Waals surface area contributed by atoms with Gasteiger partial charge in [0.25, 0.3) is 5.91 Å². The lowest BCUT2D eigenvalue weighted by molar-refractivity contribution is -0.128. The van der Waals surface area contributed by atoms with Crippen molar-refractivity contribution in [2.45, 2.75) is 53.7 Å². The highest BCUT2D eigenvalue weighted by Gasteiger charge is 2.23. The maximum Gasteiger partial charge on any atom is 0.261 e. The zero-order valence-electron chi connectivity index (χ0n) is 13.4. The molecule has 1 rings (SSSR count). The van der Waals surface area contributed by atoms with E-state index in [4.69, 9.17) is 4.74 Å². The molecular formula is C17H27NO2. The molecule has 0 fully saturated rings. The van der Waals surface area contributed by atoms with Crippen molar-refractivity contribution < 1.29 is 9.53 Å². The van der Waals surface area contributed by atoms with Crippen LogP contribution in [0.4, 0.5) is 0 Å². The largest absolute Gasteiger partial charge is 0.481 e. The maximum atomic E-state index is 12.2. The Morgan fingerprint density at radius 3 is 2.20 bits per heavy atom. The number of ether oxygens (including phenoxy) is 1. The number of aryl methyl sites for hydroxylation is 1. The molecule has 0 aliphatic rings. The van der Waals surface area contributed by atoms with E-state index >= 15 is 0 Å². The standard InChI is InChI=1S/C17H27NO2/c1-11(2)16(12(3)4)18-17(19)14(6)20-15-9-7-8-13(5)10-15/h7-12,14,16H,1-6H3,(H,18,19). The summed E-state index contributed by atoms with van der Waals surface area (Å²) in [6, 6.07) is 7.92. The normalized spacial score (nSPS) is 12.8. The Morgan fingerprint density at radius 1 is 1.10 bits per heavy atom. The zero-order valence-corrected chi connectivity index (χ0v) is 13.4. The molecule has 112 valence electrons. The molecule has 0 saturated carbocycles. The summed E-state index contributed by atoms with van der Waals surface area (Å²) in [6.45, 7) is 12.3. The van der Waals surface area contributed by atoms with Crippen LogP contribution in [0.25, 0.3) is 0 Å². The molecule has 0 saturated heterocycles. The van der Waals surface area contributed by atoms with Gasteiger partial charge in [0.15, 0.2) is 6.10 Å². The van der Waals surface area contributed by atoms with Gasteiger partial charge in [-0.1, -0.05) is 39.8 Å². The Labute approximate surface area is 122 Å². The van der Waals surface area contributed by atoms with Crippen molar-refractivity contribution in [1.82, 2.24) is 5.32 Å². The van der Waals surface area contributed by atoms with Crippen molar-refractivity contribution in [1.29, 1.82) is 0 Å². The molecule has 3 heteroatoms. The number of amides is 1. The van der Waals surface area contributed by atoms with Gasteiger partial charge in [0, 0.05) is 6.04 Å². The van der Waals surface area contributed by atoms with Gasteiger partial charge in [-0.3, -0.25) is 4.79 Å². The minimum absolute atomic E-state index is 0.0566. The number of benzene rings is 1. The van der Waals surface area contributed by atoms with E-state index in [1.54, 1.807) is 6.92 Å². The third-order valence-corrected chi connectivity index (χ3v) is 3.42. The molecular weight excluding hydrogens is 250 g/mol. The smallest absolute Gasteiger partial charge is 0.261 e. The van der Waals surface area contributed by atoms with Crippen molar-refractivity contribution in [3.8, 4) is 5.75 Å². The summed E-state index contributed by atoms with van der Waals surface area (Å²) < 4.78 is 5.71. The summed E-state index contributed by atoms with van der Waals surface area (Å²) in [6.07, 6.45) is -0.489. The number of hydrogen-bond donors (Lipinski definition) is 1. The average Bonchev–Trinajstić information content (AvgIpc) is 2.34. The van der Waals surface area contributed by atoms with E-state index in [-0.39, 0.29) is 11.9 Å². The Morgan fingerprint density at radius 2 is 1.70 bits per heavy atom. The van der Waals surface area contributed by atoms with E-state index in [0.29, 0.717) is 11.8 Å². The van der Waals surface area contributed by atoms with Gasteiger partial charge >= 0.3 is 0 Å². The van der Waals surface area contributed by atoms with Gasteiger partial charge in [0.1, 0.15) is 5.75 Å². The van der Waals surface area contributed by atoms with Gasteiger partial charge in [-0.15, -0.1) is 0 Å². The molecule has 0 aliphatic heterocycles. The van der Waals surface area contributed by atoms with Crippen LogP contribution in [0.5, 0.6) is 5.75 Å². The number of rotatable bonds is 6. The van der Waals surface area contributed by atoms with Crippen LogP contribution in [0.15, 0.2) is 24.3 Å². The number of hydrogen-bond acceptors (Lipinski definition) is 2. The first-order valence-corrected chi connectivity index (χ1v) is 7.35. The lowest BCUT2D eigenvalue weighted by atomic mass is 9.93. The zero-order chi connectivity index (χ0) is 15.3. The van der Waals surface area contributed by atoms with Crippen LogP contribution < -0.4 is 10.1 Å². The summed E-state index contributed by atoms with van der Waals surface area (Å²) >= 11 is 0. The molecule has 0 heterocycles. The lowest BCUT2D eigenvalue weighted by Gasteiger charge is -2.27. The highest BCUT2D eigenvalue weighted by atomic mass is 16.5. The fraction of sp³-hybridized carbons (Fsp3) is 0.588. The second-order valence-corrected chi connectivity index (χ2v) is 6.10. The Bertz CT molecular complexity index is 432. The van der Waals surface area contributed by atoms with Gasteiger partial charge in [-0.2, -0.15) is 0 Å². The van der Waals surface area contributed by atoms with Crippen molar-refractivity contribution in [3.05, 3.63) is 29.8 Å². The SMILES string of the molecule is Cc1cccc(OC(C)C(=O)NC(C(C)C)C(C)C)c1. The predicted molar refractivity (Wildman–Crippen MR) is 82.9 cm³/mol. The molecule has 0 radical (unpaired) electrons. The first-order valence-electron chi connectivity index (χ1n) is 7.35. The second kappa shape index (κ2) is 7.32. The quantitative estimate of drug-likeness (QED) is 0.863. The van der Waals surface area contributed by atoms with E-state index < -0.39 is 6.10 Å². The molecule has 0 spiro atoms. The Balaban J connectivity index is 2.63. The number of carbonyl (C=O) groups excluding carboxylic acids is 1. The third kappa shape index (κ3) is 4.87. The highest BCUT2D eigenvalue weighted by Crippen LogP contribution is 2.16. The first kappa shape index (κ1) is 16.5. The summed E-state index contributed by atoms with van der Waals surface area (Å²) in [7, 11) is 0. The van der Waals surface area contributed by atoms with Crippen molar-refractivity contribution >= 4 is 5.91 Å². The van der Waals surface area contributed by atoms with E-state index in [1.165, 1.54) is 0 Å². The van der Waals surface area contributed by atoms with E-state index in [2.05, 4.69) is 33.0 Å². The molecule has 0 aliphatic carbocycles. The average molecular weight is 277 g/mol. The van der Waals surface area contributed by atoms with Gasteiger partial charge in [0.2, 0.25) is 0 Å². The van der Waals surface area contributed by atoms with Crippen molar-refractivity contribution in [2.75, 3.05) is 0 Å². The highest BCUT2D eigenvalue weighted by molar-refractivity contribution is 5.81. The van der Waals surface area contributed by atoms with Crippen LogP contribution >= 0.6 is 0 Å². The maximum absolute atomic E-state index is 12.2. The molecule has 1 unspecified atom stereocenters. The minimum Gasteiger partial charge on any atom is -0.481 e. The van der Waals surface area contributed by atoms with Crippen LogP contribution in [0.3, 0.4) is 0 Å². The molecule has 1 aromatic rings. The van der Waals surface area contributed by atoms with Crippen molar-refractivity contribution in [3.63, 3.8) is 0 Å². The molecule has 3 nitrogen and oxygen atoms in total. The van der Waals surface area contributed by atoms with Gasteiger partial charge < -0.3 is 10.1 Å². The fourth-order valence-electron chi connectivity index (χ4n) is 2.33. The van der Waals surface area contributed by atoms with E-state index in [1.807, 2.05) is 31.2 Å². The lowest BCUT2D eigenvalue weighted by Crippen LogP contribution is -2.47. The van der Waals surface area contributed by atoms with Crippen LogP contribution in [0.2, 0.25) is 0 Å². The predicted octanol–water partition coefficient (Wildman–Crippen LogP) is 3.56. The molecule has 0 bridgehead atoms. The Kier molecular flexibility index (Phi) is 6.05. The van der Waals surface area contributed by atoms with E-state index in [9.17, 15) is 4.79 Å². The number of carbonyl (C=O) groups is 1. The van der Waals surface area contributed by atoms with E-state index in [0.717, 1.165) is 11.3 Å². The first-order chi connectivity index (χ1) is 9.31.